The Hall–Kier alpha value is -1.10. The standard InChI is InChI=1S/C11H11BrFNO2/c12-6-11(3-4-11)14-10(16)8-5-7(13)1-2-9(8)15/h1-2,5,15H,3-4,6H2,(H,14,16). The molecule has 0 aromatic heterocycles. The lowest BCUT2D eigenvalue weighted by molar-refractivity contribution is 0.0933. The van der Waals surface area contributed by atoms with Crippen LogP contribution >= 0.6 is 15.9 Å². The largest absolute Gasteiger partial charge is 0.507 e. The number of carbonyl (C=O) groups excluding carboxylic acids is 1. The second kappa shape index (κ2) is 4.05. The van der Waals surface area contributed by atoms with Gasteiger partial charge in [0.1, 0.15) is 11.6 Å². The zero-order valence-electron chi connectivity index (χ0n) is 8.46. The van der Waals surface area contributed by atoms with E-state index >= 15 is 0 Å². The molecule has 0 saturated heterocycles. The predicted molar refractivity (Wildman–Crippen MR) is 61.3 cm³/mol. The number of phenols is 1. The van der Waals surface area contributed by atoms with E-state index in [1.807, 2.05) is 0 Å². The predicted octanol–water partition coefficient (Wildman–Crippen LogP) is 2.19. The summed E-state index contributed by atoms with van der Waals surface area (Å²) < 4.78 is 12.9. The van der Waals surface area contributed by atoms with Crippen LogP contribution in [0.4, 0.5) is 4.39 Å². The minimum atomic E-state index is -0.536. The summed E-state index contributed by atoms with van der Waals surface area (Å²) in [6.45, 7) is 0. The van der Waals surface area contributed by atoms with Crippen molar-refractivity contribution in [2.24, 2.45) is 0 Å². The molecule has 1 aromatic rings. The highest BCUT2D eigenvalue weighted by Gasteiger charge is 2.43. The summed E-state index contributed by atoms with van der Waals surface area (Å²) in [6, 6.07) is 3.33. The van der Waals surface area contributed by atoms with E-state index in [0.717, 1.165) is 25.0 Å². The molecule has 1 fully saturated rings. The van der Waals surface area contributed by atoms with Crippen molar-refractivity contribution in [3.63, 3.8) is 0 Å². The quantitative estimate of drug-likeness (QED) is 0.838. The molecule has 0 atom stereocenters. The van der Waals surface area contributed by atoms with Crippen molar-refractivity contribution < 1.29 is 14.3 Å². The third-order valence-corrected chi connectivity index (χ3v) is 3.76. The Morgan fingerprint density at radius 2 is 2.25 bits per heavy atom. The summed E-state index contributed by atoms with van der Waals surface area (Å²) in [5.74, 6) is -1.18. The lowest BCUT2D eigenvalue weighted by atomic mass is 10.1. The fourth-order valence-electron chi connectivity index (χ4n) is 1.44. The maximum atomic E-state index is 12.9. The fraction of sp³-hybridized carbons (Fsp3) is 0.364. The van der Waals surface area contributed by atoms with Gasteiger partial charge in [-0.1, -0.05) is 15.9 Å². The molecule has 0 heterocycles. The van der Waals surface area contributed by atoms with Gasteiger partial charge in [0.15, 0.2) is 0 Å². The molecule has 3 nitrogen and oxygen atoms in total. The molecule has 1 amide bonds. The average Bonchev–Trinajstić information content (AvgIpc) is 3.02. The molecule has 86 valence electrons. The van der Waals surface area contributed by atoms with E-state index in [1.165, 1.54) is 6.07 Å². The summed E-state index contributed by atoms with van der Waals surface area (Å²) in [4.78, 5) is 11.8. The van der Waals surface area contributed by atoms with Gasteiger partial charge in [-0.15, -0.1) is 0 Å². The van der Waals surface area contributed by atoms with E-state index in [0.29, 0.717) is 5.33 Å². The van der Waals surface area contributed by atoms with Gasteiger partial charge in [0, 0.05) is 5.33 Å². The second-order valence-electron chi connectivity index (χ2n) is 4.03. The molecule has 1 aliphatic carbocycles. The first-order valence-electron chi connectivity index (χ1n) is 4.93. The summed E-state index contributed by atoms with van der Waals surface area (Å²) in [6.07, 6.45) is 1.81. The van der Waals surface area contributed by atoms with Gasteiger partial charge < -0.3 is 10.4 Å². The number of nitrogens with one attached hydrogen (secondary N) is 1. The van der Waals surface area contributed by atoms with Crippen LogP contribution in [0, 0.1) is 5.82 Å². The molecule has 5 heteroatoms. The SMILES string of the molecule is O=C(NC1(CBr)CC1)c1cc(F)ccc1O. The smallest absolute Gasteiger partial charge is 0.255 e. The number of halogens is 2. The molecule has 0 radical (unpaired) electrons. The molecule has 1 aromatic carbocycles. The third-order valence-electron chi connectivity index (χ3n) is 2.69. The Kier molecular flexibility index (Phi) is 2.88. The lowest BCUT2D eigenvalue weighted by Crippen LogP contribution is -2.38. The molecule has 2 rings (SSSR count). The Morgan fingerprint density at radius 1 is 1.56 bits per heavy atom. The van der Waals surface area contributed by atoms with Crippen molar-refractivity contribution in [2.45, 2.75) is 18.4 Å². The number of amides is 1. The Balaban J connectivity index is 2.17. The van der Waals surface area contributed by atoms with E-state index < -0.39 is 11.7 Å². The molecule has 0 unspecified atom stereocenters. The van der Waals surface area contributed by atoms with Crippen LogP contribution in [0.5, 0.6) is 5.75 Å². The number of aromatic hydroxyl groups is 1. The summed E-state index contributed by atoms with van der Waals surface area (Å²) >= 11 is 3.32. The van der Waals surface area contributed by atoms with Gasteiger partial charge in [-0.2, -0.15) is 0 Å². The molecule has 0 aliphatic heterocycles. The summed E-state index contributed by atoms with van der Waals surface area (Å²) in [5, 5.41) is 12.9. The van der Waals surface area contributed by atoms with Crippen LogP contribution < -0.4 is 5.32 Å². The molecule has 0 bridgehead atoms. The van der Waals surface area contributed by atoms with Crippen LogP contribution in [0.3, 0.4) is 0 Å². The molecule has 2 N–H and O–H groups in total. The average molecular weight is 288 g/mol. The Morgan fingerprint density at radius 3 is 2.81 bits per heavy atom. The highest BCUT2D eigenvalue weighted by molar-refractivity contribution is 9.09. The number of carbonyl (C=O) groups is 1. The molecule has 16 heavy (non-hydrogen) atoms. The van der Waals surface area contributed by atoms with Crippen LogP contribution in [0.2, 0.25) is 0 Å². The van der Waals surface area contributed by atoms with Crippen molar-refractivity contribution in [1.29, 1.82) is 0 Å². The van der Waals surface area contributed by atoms with Crippen LogP contribution in [0.15, 0.2) is 18.2 Å². The Bertz CT molecular complexity index is 432. The first-order valence-corrected chi connectivity index (χ1v) is 6.05. The van der Waals surface area contributed by atoms with Gasteiger partial charge in [-0.05, 0) is 31.0 Å². The normalized spacial score (nSPS) is 16.9. The van der Waals surface area contributed by atoms with Crippen molar-refractivity contribution in [1.82, 2.24) is 5.32 Å². The number of phenolic OH excluding ortho intramolecular Hbond substituents is 1. The van der Waals surface area contributed by atoms with Gasteiger partial charge >= 0.3 is 0 Å². The second-order valence-corrected chi connectivity index (χ2v) is 4.59. The van der Waals surface area contributed by atoms with E-state index in [4.69, 9.17) is 0 Å². The molecule has 0 spiro atoms. The van der Waals surface area contributed by atoms with Crippen molar-refractivity contribution >= 4 is 21.8 Å². The summed E-state index contributed by atoms with van der Waals surface area (Å²) in [5.41, 5.74) is -0.234. The third kappa shape index (κ3) is 2.19. The van der Waals surface area contributed by atoms with Crippen molar-refractivity contribution in [2.75, 3.05) is 5.33 Å². The van der Waals surface area contributed by atoms with E-state index in [1.54, 1.807) is 0 Å². The van der Waals surface area contributed by atoms with Crippen LogP contribution in [-0.2, 0) is 0 Å². The summed E-state index contributed by atoms with van der Waals surface area (Å²) in [7, 11) is 0. The van der Waals surface area contributed by atoms with Crippen LogP contribution in [0.1, 0.15) is 23.2 Å². The van der Waals surface area contributed by atoms with Gasteiger partial charge in [-0.25, -0.2) is 4.39 Å². The first kappa shape index (κ1) is 11.4. The zero-order valence-corrected chi connectivity index (χ0v) is 10.1. The van der Waals surface area contributed by atoms with E-state index in [2.05, 4.69) is 21.2 Å². The highest BCUT2D eigenvalue weighted by atomic mass is 79.9. The minimum Gasteiger partial charge on any atom is -0.507 e. The molecule has 1 aliphatic rings. The van der Waals surface area contributed by atoms with Gasteiger partial charge in [0.2, 0.25) is 0 Å². The highest BCUT2D eigenvalue weighted by Crippen LogP contribution is 2.37. The monoisotopic (exact) mass is 287 g/mol. The van der Waals surface area contributed by atoms with Crippen LogP contribution in [0.25, 0.3) is 0 Å². The zero-order chi connectivity index (χ0) is 11.8. The van der Waals surface area contributed by atoms with E-state index in [-0.39, 0.29) is 16.9 Å². The van der Waals surface area contributed by atoms with Crippen molar-refractivity contribution in [3.8, 4) is 5.75 Å². The minimum absolute atomic E-state index is 0.0211. The van der Waals surface area contributed by atoms with Crippen molar-refractivity contribution in [3.05, 3.63) is 29.6 Å². The molecular formula is C11H11BrFNO2. The fourth-order valence-corrected chi connectivity index (χ4v) is 2.14. The van der Waals surface area contributed by atoms with E-state index in [9.17, 15) is 14.3 Å². The molecule has 1 saturated carbocycles. The topological polar surface area (TPSA) is 49.3 Å². The number of hydrogen-bond acceptors (Lipinski definition) is 2. The van der Waals surface area contributed by atoms with Gasteiger partial charge in [0.25, 0.3) is 5.91 Å². The number of hydrogen-bond donors (Lipinski definition) is 2. The number of alkyl halides is 1. The first-order chi connectivity index (χ1) is 7.56. The Labute approximate surface area is 101 Å². The van der Waals surface area contributed by atoms with Gasteiger partial charge in [0.05, 0.1) is 11.1 Å². The molecular weight excluding hydrogens is 277 g/mol. The number of rotatable bonds is 3. The maximum absolute atomic E-state index is 12.9. The number of benzene rings is 1. The van der Waals surface area contributed by atoms with Crippen LogP contribution in [-0.4, -0.2) is 21.9 Å². The lowest BCUT2D eigenvalue weighted by Gasteiger charge is -2.14. The maximum Gasteiger partial charge on any atom is 0.255 e. The van der Waals surface area contributed by atoms with Gasteiger partial charge in [-0.3, -0.25) is 4.79 Å².